The Morgan fingerprint density at radius 3 is 2.47 bits per heavy atom. The highest BCUT2D eigenvalue weighted by Crippen LogP contribution is 2.60. The first kappa shape index (κ1) is 11.3. The van der Waals surface area contributed by atoms with Crippen LogP contribution in [0, 0.1) is 17.3 Å². The zero-order valence-electron chi connectivity index (χ0n) is 8.80. The van der Waals surface area contributed by atoms with Gasteiger partial charge in [0.1, 0.15) is 10.6 Å². The van der Waals surface area contributed by atoms with E-state index >= 15 is 0 Å². The van der Waals surface area contributed by atoms with Crippen LogP contribution in [-0.2, 0) is 9.53 Å². The standard InChI is InChI=1S/C11H14Cl2O2/c1-11(2)7(5-8(12)13)9(11)10(14)15-6-3-4-6/h5-7,9H,3-4H2,1-2H3/t7-,9+/m1/s1. The molecule has 84 valence electrons. The predicted molar refractivity (Wildman–Crippen MR) is 59.7 cm³/mol. The molecule has 0 aromatic rings. The summed E-state index contributed by atoms with van der Waals surface area (Å²) in [6.45, 7) is 4.06. The summed E-state index contributed by atoms with van der Waals surface area (Å²) in [7, 11) is 0. The molecule has 2 atom stereocenters. The summed E-state index contributed by atoms with van der Waals surface area (Å²) >= 11 is 11.2. The van der Waals surface area contributed by atoms with Gasteiger partial charge in [0.25, 0.3) is 0 Å². The SMILES string of the molecule is CC1(C)[C@H](C=C(Cl)Cl)[C@H]1C(=O)OC1CC1. The van der Waals surface area contributed by atoms with Gasteiger partial charge in [-0.2, -0.15) is 0 Å². The minimum atomic E-state index is -0.0988. The number of hydrogen-bond acceptors (Lipinski definition) is 2. The third kappa shape index (κ3) is 2.31. The van der Waals surface area contributed by atoms with Crippen molar-refractivity contribution in [1.29, 1.82) is 0 Å². The van der Waals surface area contributed by atoms with E-state index in [1.807, 2.05) is 13.8 Å². The van der Waals surface area contributed by atoms with E-state index < -0.39 is 0 Å². The van der Waals surface area contributed by atoms with Crippen LogP contribution < -0.4 is 0 Å². The van der Waals surface area contributed by atoms with Crippen LogP contribution in [0.4, 0.5) is 0 Å². The van der Waals surface area contributed by atoms with Crippen LogP contribution in [-0.4, -0.2) is 12.1 Å². The van der Waals surface area contributed by atoms with Gasteiger partial charge in [-0.15, -0.1) is 0 Å². The highest BCUT2D eigenvalue weighted by molar-refractivity contribution is 6.55. The molecule has 0 saturated heterocycles. The van der Waals surface area contributed by atoms with Crippen LogP contribution in [0.15, 0.2) is 10.6 Å². The van der Waals surface area contributed by atoms with E-state index in [4.69, 9.17) is 27.9 Å². The van der Waals surface area contributed by atoms with Crippen molar-refractivity contribution in [2.45, 2.75) is 32.8 Å². The number of allylic oxidation sites excluding steroid dienone is 1. The largest absolute Gasteiger partial charge is 0.462 e. The van der Waals surface area contributed by atoms with Gasteiger partial charge in [0.15, 0.2) is 0 Å². The van der Waals surface area contributed by atoms with Gasteiger partial charge in [-0.25, -0.2) is 0 Å². The average Bonchev–Trinajstić information content (AvgIpc) is 2.92. The van der Waals surface area contributed by atoms with Gasteiger partial charge in [-0.3, -0.25) is 4.79 Å². The molecule has 2 fully saturated rings. The molecule has 2 rings (SSSR count). The number of hydrogen-bond donors (Lipinski definition) is 0. The van der Waals surface area contributed by atoms with Crippen LogP contribution >= 0.6 is 23.2 Å². The molecule has 15 heavy (non-hydrogen) atoms. The number of halogens is 2. The zero-order chi connectivity index (χ0) is 11.2. The molecule has 0 amide bonds. The highest BCUT2D eigenvalue weighted by Gasteiger charge is 2.62. The number of ether oxygens (including phenoxy) is 1. The van der Waals surface area contributed by atoms with Crippen LogP contribution in [0.5, 0.6) is 0 Å². The first-order valence-electron chi connectivity index (χ1n) is 5.16. The topological polar surface area (TPSA) is 26.3 Å². The van der Waals surface area contributed by atoms with E-state index in [1.165, 1.54) is 0 Å². The molecule has 2 saturated carbocycles. The van der Waals surface area contributed by atoms with Crippen LogP contribution in [0.3, 0.4) is 0 Å². The predicted octanol–water partition coefficient (Wildman–Crippen LogP) is 3.28. The molecule has 4 heteroatoms. The summed E-state index contributed by atoms with van der Waals surface area (Å²) in [4.78, 5) is 11.7. The average molecular weight is 249 g/mol. The van der Waals surface area contributed by atoms with Crippen molar-refractivity contribution in [3.05, 3.63) is 10.6 Å². The van der Waals surface area contributed by atoms with E-state index in [2.05, 4.69) is 0 Å². The van der Waals surface area contributed by atoms with Crippen LogP contribution in [0.25, 0.3) is 0 Å². The van der Waals surface area contributed by atoms with Crippen molar-refractivity contribution in [3.63, 3.8) is 0 Å². The molecule has 0 unspecified atom stereocenters. The molecule has 2 nitrogen and oxygen atoms in total. The molecule has 0 spiro atoms. The van der Waals surface area contributed by atoms with Gasteiger partial charge in [0, 0.05) is 0 Å². The van der Waals surface area contributed by atoms with Crippen molar-refractivity contribution >= 4 is 29.2 Å². The third-order valence-corrected chi connectivity index (χ3v) is 3.53. The molecule has 0 radical (unpaired) electrons. The van der Waals surface area contributed by atoms with Crippen LogP contribution in [0.1, 0.15) is 26.7 Å². The van der Waals surface area contributed by atoms with E-state index in [1.54, 1.807) is 6.08 Å². The Morgan fingerprint density at radius 1 is 1.40 bits per heavy atom. The molecule has 0 bridgehead atoms. The van der Waals surface area contributed by atoms with Crippen molar-refractivity contribution < 1.29 is 9.53 Å². The Hall–Kier alpha value is -0.210. The van der Waals surface area contributed by atoms with Gasteiger partial charge in [0.05, 0.1) is 5.92 Å². The lowest BCUT2D eigenvalue weighted by Crippen LogP contribution is -2.11. The minimum Gasteiger partial charge on any atom is -0.462 e. The normalized spacial score (nSPS) is 32.0. The Balaban J connectivity index is 1.98. The Morgan fingerprint density at radius 2 is 2.00 bits per heavy atom. The number of esters is 1. The number of rotatable bonds is 3. The zero-order valence-corrected chi connectivity index (χ0v) is 10.3. The second-order valence-corrected chi connectivity index (χ2v) is 5.93. The third-order valence-electron chi connectivity index (χ3n) is 3.28. The molecule has 2 aliphatic rings. The Kier molecular flexibility index (Phi) is 2.76. The Labute approximate surface area is 99.6 Å². The first-order chi connectivity index (χ1) is 6.93. The van der Waals surface area contributed by atoms with Crippen molar-refractivity contribution in [2.24, 2.45) is 17.3 Å². The van der Waals surface area contributed by atoms with Crippen molar-refractivity contribution in [1.82, 2.24) is 0 Å². The number of carbonyl (C=O) groups is 1. The molecule has 2 aliphatic carbocycles. The lowest BCUT2D eigenvalue weighted by atomic mass is 10.1. The van der Waals surface area contributed by atoms with E-state index in [-0.39, 0.29) is 33.8 Å². The molecule has 0 N–H and O–H groups in total. The summed E-state index contributed by atoms with van der Waals surface area (Å²) < 4.78 is 5.51. The fourth-order valence-corrected chi connectivity index (χ4v) is 2.27. The summed E-state index contributed by atoms with van der Waals surface area (Å²) in [6.07, 6.45) is 3.93. The summed E-state index contributed by atoms with van der Waals surface area (Å²) in [5.74, 6) is -0.0577. The molecular formula is C11H14Cl2O2. The molecule has 0 heterocycles. The second kappa shape index (κ2) is 3.67. The van der Waals surface area contributed by atoms with Gasteiger partial charge in [-0.05, 0) is 30.3 Å². The van der Waals surface area contributed by atoms with E-state index in [0.717, 1.165) is 12.8 Å². The lowest BCUT2D eigenvalue weighted by Gasteiger charge is -2.02. The molecule has 0 aromatic heterocycles. The smallest absolute Gasteiger partial charge is 0.310 e. The molecule has 0 aliphatic heterocycles. The van der Waals surface area contributed by atoms with Crippen molar-refractivity contribution in [3.8, 4) is 0 Å². The van der Waals surface area contributed by atoms with Gasteiger partial charge >= 0.3 is 5.97 Å². The summed E-state index contributed by atoms with van der Waals surface area (Å²) in [6, 6.07) is 0. The highest BCUT2D eigenvalue weighted by atomic mass is 35.5. The summed E-state index contributed by atoms with van der Waals surface area (Å²) in [5, 5.41) is 0. The molecular weight excluding hydrogens is 235 g/mol. The maximum absolute atomic E-state index is 11.7. The second-order valence-electron chi connectivity index (χ2n) is 4.92. The Bertz CT molecular complexity index is 315. The van der Waals surface area contributed by atoms with Gasteiger partial charge in [-0.1, -0.05) is 37.0 Å². The van der Waals surface area contributed by atoms with E-state index in [0.29, 0.717) is 0 Å². The maximum Gasteiger partial charge on any atom is 0.310 e. The van der Waals surface area contributed by atoms with Gasteiger partial charge in [0.2, 0.25) is 0 Å². The molecule has 0 aromatic carbocycles. The van der Waals surface area contributed by atoms with Gasteiger partial charge < -0.3 is 4.74 Å². The minimum absolute atomic E-state index is 0.0684. The van der Waals surface area contributed by atoms with Crippen LogP contribution in [0.2, 0.25) is 0 Å². The number of carbonyl (C=O) groups excluding carboxylic acids is 1. The fourth-order valence-electron chi connectivity index (χ4n) is 2.00. The maximum atomic E-state index is 11.7. The monoisotopic (exact) mass is 248 g/mol. The fraction of sp³-hybridized carbons (Fsp3) is 0.727. The summed E-state index contributed by atoms with van der Waals surface area (Å²) in [5.41, 5.74) is -0.0684. The first-order valence-corrected chi connectivity index (χ1v) is 5.92. The van der Waals surface area contributed by atoms with E-state index in [9.17, 15) is 4.79 Å². The lowest BCUT2D eigenvalue weighted by molar-refractivity contribution is -0.147. The van der Waals surface area contributed by atoms with Crippen molar-refractivity contribution in [2.75, 3.05) is 0 Å². The quantitative estimate of drug-likeness (QED) is 0.717.